The molecule has 8 fully saturated rings. The number of nitrogens with zero attached hydrogens (tertiary/aromatic N) is 2. The van der Waals surface area contributed by atoms with Crippen LogP contribution in [0.1, 0.15) is 145 Å². The maximum Gasteiger partial charge on any atom is 0.211 e. The van der Waals surface area contributed by atoms with Gasteiger partial charge in [0, 0.05) is 24.2 Å². The van der Waals surface area contributed by atoms with Crippen LogP contribution in [0.25, 0.3) is 0 Å². The summed E-state index contributed by atoms with van der Waals surface area (Å²) in [6.07, 6.45) is 18.9. The standard InChI is InChI=1S/C14H25NO3S.C14H25NO.C13H24O/c1-9(2)12-8-14(13(12)16)6-10-4-5-11(7-14)15(10)19(3,17)18;1-9(2)12-8-14(13(12)16)6-10-4-5-11(7-14)15(10)3;1-9(2)11-8-13(12(11)14)6-4-10(3)5-7-13/h9-13,16H,4-8H2,1-3H3;9-13,16H,4-8H2,1-3H3;9-12,14H,4-8H2,1-3H3/t;;10?,11?,12-,13?/m..1/s1. The Morgan fingerprint density at radius 2 is 0.878 bits per heavy atom. The summed E-state index contributed by atoms with van der Waals surface area (Å²) in [6, 6.07) is 1.80. The first-order valence-corrected chi connectivity index (χ1v) is 22.4. The Hall–Kier alpha value is -0.250. The van der Waals surface area contributed by atoms with Crippen LogP contribution in [0.3, 0.4) is 0 Å². The molecule has 4 aliphatic carbocycles. The molecule has 0 amide bonds. The highest BCUT2D eigenvalue weighted by Gasteiger charge is 2.62. The van der Waals surface area contributed by atoms with Gasteiger partial charge in [0.2, 0.25) is 10.0 Å². The minimum atomic E-state index is -3.09. The lowest BCUT2D eigenvalue weighted by Crippen LogP contribution is -2.62. The highest BCUT2D eigenvalue weighted by molar-refractivity contribution is 7.88. The summed E-state index contributed by atoms with van der Waals surface area (Å²) in [5.74, 6) is 4.29. The molecule has 284 valence electrons. The van der Waals surface area contributed by atoms with Gasteiger partial charge in [-0.3, -0.25) is 0 Å². The van der Waals surface area contributed by atoms with Crippen LogP contribution in [0.4, 0.5) is 0 Å². The highest BCUT2D eigenvalue weighted by atomic mass is 32.2. The minimum Gasteiger partial charge on any atom is -0.392 e. The van der Waals surface area contributed by atoms with E-state index in [9.17, 15) is 23.7 Å². The van der Waals surface area contributed by atoms with Gasteiger partial charge < -0.3 is 20.2 Å². The van der Waals surface area contributed by atoms with Crippen LogP contribution in [0.2, 0.25) is 0 Å². The number of rotatable bonds is 4. The van der Waals surface area contributed by atoms with E-state index in [1.165, 1.54) is 70.5 Å². The Balaban J connectivity index is 0.000000129. The van der Waals surface area contributed by atoms with Crippen LogP contribution in [-0.2, 0) is 10.0 Å². The number of aliphatic hydroxyl groups excluding tert-OH is 3. The van der Waals surface area contributed by atoms with E-state index in [0.717, 1.165) is 50.1 Å². The van der Waals surface area contributed by atoms with Crippen molar-refractivity contribution >= 4 is 10.0 Å². The smallest absolute Gasteiger partial charge is 0.211 e. The quantitative estimate of drug-likeness (QED) is 0.289. The van der Waals surface area contributed by atoms with Crippen LogP contribution >= 0.6 is 0 Å². The first-order chi connectivity index (χ1) is 22.8. The maximum atomic E-state index is 11.9. The van der Waals surface area contributed by atoms with E-state index in [0.29, 0.717) is 46.3 Å². The fraction of sp³-hybridized carbons (Fsp3) is 1.00. The molecule has 3 N–H and O–H groups in total. The van der Waals surface area contributed by atoms with Gasteiger partial charge >= 0.3 is 0 Å². The number of hydrogen-bond acceptors (Lipinski definition) is 6. The number of sulfonamides is 1. The largest absolute Gasteiger partial charge is 0.392 e. The van der Waals surface area contributed by atoms with Crippen LogP contribution in [0.5, 0.6) is 0 Å². The van der Waals surface area contributed by atoms with Crippen molar-refractivity contribution in [3.05, 3.63) is 0 Å². The molecule has 7 nitrogen and oxygen atoms in total. The molecule has 4 heterocycles. The molecule has 8 rings (SSSR count). The van der Waals surface area contributed by atoms with Crippen LogP contribution in [0, 0.1) is 57.7 Å². The zero-order valence-corrected chi connectivity index (χ0v) is 33.5. The second-order valence-electron chi connectivity index (χ2n) is 20.3. The van der Waals surface area contributed by atoms with Crippen LogP contribution in [0.15, 0.2) is 0 Å². The maximum absolute atomic E-state index is 11.9. The molecule has 3 spiro atoms. The van der Waals surface area contributed by atoms with E-state index < -0.39 is 10.0 Å². The summed E-state index contributed by atoms with van der Waals surface area (Å²) in [5, 5.41) is 31.3. The van der Waals surface area contributed by atoms with Crippen molar-refractivity contribution in [2.45, 2.75) is 187 Å². The summed E-state index contributed by atoms with van der Waals surface area (Å²) in [6.45, 7) is 15.7. The molecule has 0 aromatic rings. The zero-order valence-electron chi connectivity index (χ0n) is 32.7. The van der Waals surface area contributed by atoms with Gasteiger partial charge in [-0.25, -0.2) is 8.42 Å². The molecule has 4 saturated carbocycles. The molecular formula is C41H74N2O5S. The molecule has 4 bridgehead atoms. The van der Waals surface area contributed by atoms with Crippen molar-refractivity contribution in [2.24, 2.45) is 57.7 Å². The first kappa shape index (κ1) is 38.5. The monoisotopic (exact) mass is 707 g/mol. The normalized spacial score (nSPS) is 49.0. The molecular weight excluding hydrogens is 633 g/mol. The van der Waals surface area contributed by atoms with E-state index in [2.05, 4.69) is 60.4 Å². The van der Waals surface area contributed by atoms with E-state index in [-0.39, 0.29) is 35.8 Å². The lowest BCUT2D eigenvalue weighted by Gasteiger charge is -2.59. The van der Waals surface area contributed by atoms with Gasteiger partial charge in [0.25, 0.3) is 0 Å². The van der Waals surface area contributed by atoms with Gasteiger partial charge in [-0.1, -0.05) is 61.3 Å². The Kier molecular flexibility index (Phi) is 10.9. The molecule has 49 heavy (non-hydrogen) atoms. The van der Waals surface area contributed by atoms with Gasteiger partial charge in [-0.15, -0.1) is 0 Å². The number of piperidine rings is 2. The molecule has 4 saturated heterocycles. The predicted molar refractivity (Wildman–Crippen MR) is 198 cm³/mol. The van der Waals surface area contributed by atoms with Gasteiger partial charge in [0.1, 0.15) is 0 Å². The second-order valence-corrected chi connectivity index (χ2v) is 22.2. The first-order valence-electron chi connectivity index (χ1n) is 20.6. The topological polar surface area (TPSA) is 101 Å². The average molecular weight is 707 g/mol. The number of fused-ring (bicyclic) bond motifs is 4. The third-order valence-corrected chi connectivity index (χ3v) is 17.7. The number of aliphatic hydroxyl groups is 3. The Bertz CT molecular complexity index is 1230. The lowest BCUT2D eigenvalue weighted by molar-refractivity contribution is -0.171. The molecule has 9 unspecified atom stereocenters. The van der Waals surface area contributed by atoms with Crippen molar-refractivity contribution < 1.29 is 23.7 Å². The van der Waals surface area contributed by atoms with E-state index in [1.54, 1.807) is 4.31 Å². The SMILES string of the molecule is CC(C)C1CC2(CC3CCC(C2)N3C)C1O.CC(C)C1CC2(CC3CCC(C2)N3S(C)(=O)=O)C1O.CC1CCC2(CC1)CC(C(C)C)[C@H]2O. The third kappa shape index (κ3) is 6.85. The molecule has 0 aromatic heterocycles. The van der Waals surface area contributed by atoms with Crippen molar-refractivity contribution in [1.82, 2.24) is 9.21 Å². The average Bonchev–Trinajstić information content (AvgIpc) is 3.42. The zero-order chi connectivity index (χ0) is 35.8. The van der Waals surface area contributed by atoms with Crippen molar-refractivity contribution in [2.75, 3.05) is 13.3 Å². The van der Waals surface area contributed by atoms with Crippen molar-refractivity contribution in [3.63, 3.8) is 0 Å². The second kappa shape index (κ2) is 13.9. The summed E-state index contributed by atoms with van der Waals surface area (Å²) in [7, 11) is -0.814. The Morgan fingerprint density at radius 1 is 0.551 bits per heavy atom. The van der Waals surface area contributed by atoms with Crippen LogP contribution in [-0.4, -0.2) is 88.7 Å². The summed E-state index contributed by atoms with van der Waals surface area (Å²) in [5.41, 5.74) is 0.677. The summed E-state index contributed by atoms with van der Waals surface area (Å²) in [4.78, 5) is 2.57. The van der Waals surface area contributed by atoms with Gasteiger partial charge in [-0.2, -0.15) is 4.31 Å². The molecule has 0 radical (unpaired) electrons. The van der Waals surface area contributed by atoms with E-state index in [1.807, 2.05) is 0 Å². The molecule has 10 atom stereocenters. The Morgan fingerprint density at radius 3 is 1.20 bits per heavy atom. The van der Waals surface area contributed by atoms with E-state index >= 15 is 0 Å². The summed E-state index contributed by atoms with van der Waals surface area (Å²) < 4.78 is 25.5. The van der Waals surface area contributed by atoms with Gasteiger partial charge in [0.15, 0.2) is 0 Å². The van der Waals surface area contributed by atoms with E-state index in [4.69, 9.17) is 0 Å². The lowest BCUT2D eigenvalue weighted by atomic mass is 9.50. The molecule has 0 aromatic carbocycles. The minimum absolute atomic E-state index is 0.00926. The fourth-order valence-electron chi connectivity index (χ4n) is 12.9. The molecule has 8 aliphatic rings. The predicted octanol–water partition coefficient (Wildman–Crippen LogP) is 7.08. The Labute approximate surface area is 300 Å². The van der Waals surface area contributed by atoms with Crippen molar-refractivity contribution in [3.8, 4) is 0 Å². The molecule has 4 aliphatic heterocycles. The third-order valence-electron chi connectivity index (χ3n) is 16.4. The highest BCUT2D eigenvalue weighted by Crippen LogP contribution is 2.61. The van der Waals surface area contributed by atoms with Crippen molar-refractivity contribution in [1.29, 1.82) is 0 Å². The van der Waals surface area contributed by atoms with Gasteiger partial charge in [-0.05, 0) is 148 Å². The summed E-state index contributed by atoms with van der Waals surface area (Å²) >= 11 is 0. The number of hydrogen-bond donors (Lipinski definition) is 3. The molecule has 8 heteroatoms. The van der Waals surface area contributed by atoms with Crippen LogP contribution < -0.4 is 0 Å². The van der Waals surface area contributed by atoms with Gasteiger partial charge in [0.05, 0.1) is 24.6 Å². The fourth-order valence-corrected chi connectivity index (χ4v) is 14.4.